The molecule has 1 saturated carbocycles. The molecule has 1 aliphatic carbocycles. The van der Waals surface area contributed by atoms with Gasteiger partial charge in [0.2, 0.25) is 0 Å². The summed E-state index contributed by atoms with van der Waals surface area (Å²) in [6.45, 7) is 7.90. The van der Waals surface area contributed by atoms with Crippen LogP contribution in [0, 0.1) is 5.92 Å². The lowest BCUT2D eigenvalue weighted by Crippen LogP contribution is -2.20. The average Bonchev–Trinajstić information content (AvgIpc) is 3.17. The number of carbonyl (C=O) groups is 1. The van der Waals surface area contributed by atoms with E-state index in [0.29, 0.717) is 24.9 Å². The molecule has 0 atom stereocenters. The molecule has 0 radical (unpaired) electrons. The number of anilines is 1. The number of aromatic nitrogens is 3. The van der Waals surface area contributed by atoms with Crippen molar-refractivity contribution in [2.24, 2.45) is 11.0 Å². The molecule has 0 aliphatic heterocycles. The summed E-state index contributed by atoms with van der Waals surface area (Å²) in [6, 6.07) is 2.15. The molecule has 3 rings (SSSR count). The third-order valence-corrected chi connectivity index (χ3v) is 5.99. The Morgan fingerprint density at radius 2 is 2.03 bits per heavy atom. The second-order valence-corrected chi connectivity index (χ2v) is 8.48. The van der Waals surface area contributed by atoms with E-state index in [2.05, 4.69) is 27.9 Å². The zero-order valence-corrected chi connectivity index (χ0v) is 19.3. The monoisotopic (exact) mass is 426 g/mol. The van der Waals surface area contributed by atoms with Crippen molar-refractivity contribution >= 4 is 29.7 Å². The fourth-order valence-corrected chi connectivity index (χ4v) is 4.28. The van der Waals surface area contributed by atoms with Crippen LogP contribution in [0.1, 0.15) is 63.1 Å². The average molecular weight is 427 g/mol. The normalized spacial score (nSPS) is 19.3. The molecule has 0 bridgehead atoms. The van der Waals surface area contributed by atoms with Crippen LogP contribution in [-0.2, 0) is 9.53 Å². The second kappa shape index (κ2) is 9.94. The first-order chi connectivity index (χ1) is 14.8. The van der Waals surface area contributed by atoms with Crippen molar-refractivity contribution in [2.75, 3.05) is 32.6 Å². The van der Waals surface area contributed by atoms with E-state index in [1.807, 2.05) is 51.9 Å². The number of hydrogen-bond donors (Lipinski definition) is 0. The van der Waals surface area contributed by atoms with Gasteiger partial charge in [0.15, 0.2) is 5.65 Å². The number of esters is 1. The van der Waals surface area contributed by atoms with Crippen molar-refractivity contribution in [2.45, 2.75) is 51.9 Å². The highest BCUT2D eigenvalue weighted by Gasteiger charge is 2.27. The molecule has 0 N–H and O–H groups in total. The van der Waals surface area contributed by atoms with Crippen LogP contribution in [0.5, 0.6) is 0 Å². The molecule has 1 fully saturated rings. The van der Waals surface area contributed by atoms with Crippen LogP contribution in [0.3, 0.4) is 0 Å². The van der Waals surface area contributed by atoms with Crippen molar-refractivity contribution < 1.29 is 9.53 Å². The predicted octanol–water partition coefficient (Wildman–Crippen LogP) is 3.93. The number of ether oxygens (including phenoxy) is 1. The summed E-state index contributed by atoms with van der Waals surface area (Å²) in [6.07, 6.45) is 8.41. The molecule has 0 unspecified atom stereocenters. The molecule has 0 aromatic carbocycles. The Bertz CT molecular complexity index is 956. The standard InChI is InChI=1S/C23H34N6O2/c1-7-31-22(30)12-17-8-10-18(11-9-17)20-13-21(27(4)5)29-23(26-20)19(14-25-29)16(2)15-28(6)24-3/h13-15,17-18H,3,7-12H2,1-2,4-6H3. The van der Waals surface area contributed by atoms with E-state index in [-0.39, 0.29) is 5.97 Å². The van der Waals surface area contributed by atoms with E-state index < -0.39 is 0 Å². The third-order valence-electron chi connectivity index (χ3n) is 5.99. The largest absolute Gasteiger partial charge is 0.466 e. The maximum atomic E-state index is 11.8. The number of hydrogen-bond acceptors (Lipinski definition) is 7. The Labute approximate surface area is 184 Å². The van der Waals surface area contributed by atoms with Gasteiger partial charge in [0, 0.05) is 63.7 Å². The molecule has 2 aromatic rings. The van der Waals surface area contributed by atoms with Crippen molar-refractivity contribution in [3.05, 3.63) is 29.7 Å². The highest BCUT2D eigenvalue weighted by molar-refractivity contribution is 5.75. The Morgan fingerprint density at radius 1 is 1.32 bits per heavy atom. The highest BCUT2D eigenvalue weighted by atomic mass is 16.5. The number of nitrogens with zero attached hydrogens (tertiary/aromatic N) is 6. The van der Waals surface area contributed by atoms with Gasteiger partial charge >= 0.3 is 5.97 Å². The van der Waals surface area contributed by atoms with Crippen molar-refractivity contribution in [1.29, 1.82) is 0 Å². The Hall–Kier alpha value is -2.90. The van der Waals surface area contributed by atoms with Crippen molar-refractivity contribution in [1.82, 2.24) is 19.6 Å². The lowest BCUT2D eigenvalue weighted by molar-refractivity contribution is -0.144. The van der Waals surface area contributed by atoms with Gasteiger partial charge in [-0.05, 0) is 51.0 Å². The number of fused-ring (bicyclic) bond motifs is 1. The van der Waals surface area contributed by atoms with Gasteiger partial charge in [-0.25, -0.2) is 4.98 Å². The summed E-state index contributed by atoms with van der Waals surface area (Å²) in [5, 5.41) is 10.2. The zero-order valence-electron chi connectivity index (χ0n) is 19.3. The predicted molar refractivity (Wildman–Crippen MR) is 124 cm³/mol. The minimum Gasteiger partial charge on any atom is -0.466 e. The molecule has 1 aliphatic rings. The summed E-state index contributed by atoms with van der Waals surface area (Å²) < 4.78 is 7.02. The molecule has 2 heterocycles. The second-order valence-electron chi connectivity index (χ2n) is 8.48. The first-order valence-corrected chi connectivity index (χ1v) is 10.9. The lowest BCUT2D eigenvalue weighted by Gasteiger charge is -2.28. The topological polar surface area (TPSA) is 75.3 Å². The van der Waals surface area contributed by atoms with Gasteiger partial charge in [0.05, 0.1) is 12.8 Å². The van der Waals surface area contributed by atoms with Crippen LogP contribution in [0.25, 0.3) is 11.2 Å². The van der Waals surface area contributed by atoms with Gasteiger partial charge in [-0.3, -0.25) is 9.80 Å². The molecule has 8 heteroatoms. The number of carbonyl (C=O) groups excluding carboxylic acids is 1. The minimum atomic E-state index is -0.0782. The minimum absolute atomic E-state index is 0.0782. The molecular weight excluding hydrogens is 392 g/mol. The summed E-state index contributed by atoms with van der Waals surface area (Å²) in [4.78, 5) is 18.9. The van der Waals surface area contributed by atoms with Crippen molar-refractivity contribution in [3.8, 4) is 0 Å². The molecule has 8 nitrogen and oxygen atoms in total. The fourth-order valence-electron chi connectivity index (χ4n) is 4.28. The van der Waals surface area contributed by atoms with Crippen LogP contribution in [0.15, 0.2) is 23.6 Å². The van der Waals surface area contributed by atoms with Gasteiger partial charge in [0.25, 0.3) is 0 Å². The van der Waals surface area contributed by atoms with Gasteiger partial charge in [-0.2, -0.15) is 14.7 Å². The SMILES string of the molecule is C=NN(C)C=C(C)c1cnn2c(N(C)C)cc(C3CCC(CC(=O)OCC)CC3)nc12. The van der Waals surface area contributed by atoms with Gasteiger partial charge in [-0.15, -0.1) is 0 Å². The Kier molecular flexibility index (Phi) is 7.30. The van der Waals surface area contributed by atoms with Crippen molar-refractivity contribution in [3.63, 3.8) is 0 Å². The lowest BCUT2D eigenvalue weighted by atomic mass is 9.79. The maximum absolute atomic E-state index is 11.8. The van der Waals surface area contributed by atoms with Crippen LogP contribution in [-0.4, -0.2) is 60.0 Å². The quantitative estimate of drug-likeness (QED) is 0.362. The summed E-state index contributed by atoms with van der Waals surface area (Å²) in [5.41, 5.74) is 3.95. The summed E-state index contributed by atoms with van der Waals surface area (Å²) in [7, 11) is 5.89. The first-order valence-electron chi connectivity index (χ1n) is 10.9. The summed E-state index contributed by atoms with van der Waals surface area (Å²) >= 11 is 0. The van der Waals surface area contributed by atoms with E-state index in [1.54, 1.807) is 5.01 Å². The number of rotatable bonds is 8. The highest BCUT2D eigenvalue weighted by Crippen LogP contribution is 2.38. The molecule has 0 spiro atoms. The molecule has 168 valence electrons. The van der Waals surface area contributed by atoms with Gasteiger partial charge in [0.1, 0.15) is 5.82 Å². The van der Waals surface area contributed by atoms with E-state index in [1.165, 1.54) is 0 Å². The third kappa shape index (κ3) is 5.24. The van der Waals surface area contributed by atoms with Gasteiger partial charge < -0.3 is 9.64 Å². The van der Waals surface area contributed by atoms with Gasteiger partial charge in [-0.1, -0.05) is 0 Å². The van der Waals surface area contributed by atoms with E-state index in [9.17, 15) is 4.79 Å². The molecule has 0 saturated heterocycles. The van der Waals surface area contributed by atoms with Crippen LogP contribution < -0.4 is 4.90 Å². The molecular formula is C23H34N6O2. The first kappa shape index (κ1) is 22.8. The smallest absolute Gasteiger partial charge is 0.306 e. The van der Waals surface area contributed by atoms with E-state index >= 15 is 0 Å². The maximum Gasteiger partial charge on any atom is 0.306 e. The van der Waals surface area contributed by atoms with Crippen LogP contribution in [0.4, 0.5) is 5.82 Å². The number of hydrazone groups is 1. The fraction of sp³-hybridized carbons (Fsp3) is 0.565. The van der Waals surface area contributed by atoms with E-state index in [0.717, 1.165) is 54.0 Å². The van der Waals surface area contributed by atoms with Crippen LogP contribution in [0.2, 0.25) is 0 Å². The van der Waals surface area contributed by atoms with Crippen LogP contribution >= 0.6 is 0 Å². The molecule has 2 aromatic heterocycles. The molecule has 31 heavy (non-hydrogen) atoms. The van der Waals surface area contributed by atoms with E-state index in [4.69, 9.17) is 9.72 Å². The summed E-state index contributed by atoms with van der Waals surface area (Å²) in [5.74, 6) is 1.71. The number of allylic oxidation sites excluding steroid dienone is 1. The Balaban J connectivity index is 1.88. The zero-order chi connectivity index (χ0) is 22.5. The molecule has 0 amide bonds. The Morgan fingerprint density at radius 3 is 2.65 bits per heavy atom.